The Kier molecular flexibility index (Phi) is 6.35. The second kappa shape index (κ2) is 9.70. The van der Waals surface area contributed by atoms with Gasteiger partial charge in [-0.1, -0.05) is 60.7 Å². The summed E-state index contributed by atoms with van der Waals surface area (Å²) in [5.74, 6) is 1.03. The molecule has 0 bridgehead atoms. The topological polar surface area (TPSA) is 66.1 Å². The normalized spacial score (nSPS) is 14.8. The van der Waals surface area contributed by atoms with E-state index in [1.165, 1.54) is 0 Å². The van der Waals surface area contributed by atoms with Crippen molar-refractivity contribution in [1.29, 1.82) is 0 Å². The van der Waals surface area contributed by atoms with E-state index < -0.39 is 0 Å². The van der Waals surface area contributed by atoms with Crippen LogP contribution in [0.15, 0.2) is 66.7 Å². The highest BCUT2D eigenvalue weighted by Crippen LogP contribution is 2.33. The van der Waals surface area contributed by atoms with Crippen LogP contribution >= 0.6 is 0 Å². The first kappa shape index (κ1) is 21.6. The Morgan fingerprint density at radius 3 is 2.21 bits per heavy atom. The van der Waals surface area contributed by atoms with E-state index in [4.69, 9.17) is 14.8 Å². The minimum absolute atomic E-state index is 0.192. The van der Waals surface area contributed by atoms with Crippen LogP contribution in [0.1, 0.15) is 5.69 Å². The highest BCUT2D eigenvalue weighted by atomic mass is 16.5. The van der Waals surface area contributed by atoms with E-state index in [2.05, 4.69) is 40.1 Å². The molecule has 2 aromatic carbocycles. The molecule has 1 saturated heterocycles. The maximum Gasteiger partial charge on any atom is 0.166 e. The third kappa shape index (κ3) is 4.35. The number of piperazine rings is 1. The monoisotopic (exact) mass is 443 g/mol. The first-order chi connectivity index (χ1) is 16.3. The van der Waals surface area contributed by atoms with Crippen molar-refractivity contribution in [3.63, 3.8) is 0 Å². The van der Waals surface area contributed by atoms with Crippen molar-refractivity contribution in [3.8, 4) is 22.4 Å². The van der Waals surface area contributed by atoms with Crippen LogP contribution in [0.25, 0.3) is 28.0 Å². The third-order valence-electron chi connectivity index (χ3n) is 6.17. The van der Waals surface area contributed by atoms with Crippen LogP contribution in [0.5, 0.6) is 0 Å². The molecular formula is C26H29N5O2. The number of hydrogen-bond acceptors (Lipinski definition) is 6. The summed E-state index contributed by atoms with van der Waals surface area (Å²) in [6.07, 6.45) is 0. The van der Waals surface area contributed by atoms with E-state index in [1.807, 2.05) is 40.9 Å². The maximum atomic E-state index is 9.31. The van der Waals surface area contributed by atoms with Gasteiger partial charge < -0.3 is 14.7 Å². The molecule has 0 atom stereocenters. The SMILES string of the molecule is COCc1nn2c(N3CCN(CCO)CC3)cc(-c3ccccc3)nc2c1-c1ccccc1. The summed E-state index contributed by atoms with van der Waals surface area (Å²) in [7, 11) is 1.70. The minimum atomic E-state index is 0.192. The molecule has 1 N–H and O–H groups in total. The van der Waals surface area contributed by atoms with Crippen molar-refractivity contribution in [3.05, 3.63) is 72.4 Å². The molecule has 0 spiro atoms. The number of rotatable bonds is 7. The molecule has 0 amide bonds. The number of anilines is 1. The molecular weight excluding hydrogens is 414 g/mol. The van der Waals surface area contributed by atoms with Gasteiger partial charge in [0.05, 0.1) is 30.2 Å². The molecule has 0 radical (unpaired) electrons. The summed E-state index contributed by atoms with van der Waals surface area (Å²) in [5.41, 5.74) is 5.81. The number of hydrogen-bond donors (Lipinski definition) is 1. The summed E-state index contributed by atoms with van der Waals surface area (Å²) in [6, 6.07) is 22.7. The van der Waals surface area contributed by atoms with Crippen molar-refractivity contribution < 1.29 is 9.84 Å². The third-order valence-corrected chi connectivity index (χ3v) is 6.17. The van der Waals surface area contributed by atoms with Gasteiger partial charge in [-0.15, -0.1) is 0 Å². The number of ether oxygens (including phenoxy) is 1. The van der Waals surface area contributed by atoms with Crippen LogP contribution < -0.4 is 4.90 Å². The molecule has 170 valence electrons. The van der Waals surface area contributed by atoms with E-state index in [0.29, 0.717) is 13.2 Å². The highest BCUT2D eigenvalue weighted by Gasteiger charge is 2.24. The lowest BCUT2D eigenvalue weighted by Gasteiger charge is -2.35. The second-order valence-corrected chi connectivity index (χ2v) is 8.27. The van der Waals surface area contributed by atoms with Crippen LogP contribution in [0.3, 0.4) is 0 Å². The molecule has 0 aliphatic carbocycles. The summed E-state index contributed by atoms with van der Waals surface area (Å²) in [5, 5.41) is 14.3. The van der Waals surface area contributed by atoms with E-state index in [-0.39, 0.29) is 6.61 Å². The maximum absolute atomic E-state index is 9.31. The zero-order valence-electron chi connectivity index (χ0n) is 18.9. The Morgan fingerprint density at radius 2 is 1.58 bits per heavy atom. The molecule has 5 rings (SSSR count). The fraction of sp³-hybridized carbons (Fsp3) is 0.308. The Balaban J connectivity index is 1.68. The smallest absolute Gasteiger partial charge is 0.166 e. The largest absolute Gasteiger partial charge is 0.395 e. The predicted molar refractivity (Wildman–Crippen MR) is 130 cm³/mol. The first-order valence-corrected chi connectivity index (χ1v) is 11.4. The summed E-state index contributed by atoms with van der Waals surface area (Å²) in [4.78, 5) is 9.76. The number of aliphatic hydroxyl groups excluding tert-OH is 1. The Labute approximate surface area is 193 Å². The Morgan fingerprint density at radius 1 is 0.909 bits per heavy atom. The molecule has 0 saturated carbocycles. The standard InChI is InChI=1S/C26H29N5O2/c1-33-19-23-25(21-10-6-3-7-11-21)26-27-22(20-8-4-2-5-9-20)18-24(31(26)28-23)30-14-12-29(13-15-30)16-17-32/h2-11,18,32H,12-17,19H2,1H3. The quantitative estimate of drug-likeness (QED) is 0.473. The number of nitrogens with zero attached hydrogens (tertiary/aromatic N) is 5. The number of β-amino-alcohol motifs (C(OH)–C–C–N with tert-alkyl or cyclic N) is 1. The molecule has 1 fully saturated rings. The molecule has 1 aliphatic rings. The zero-order valence-corrected chi connectivity index (χ0v) is 18.9. The van der Waals surface area contributed by atoms with Crippen molar-refractivity contribution in [1.82, 2.24) is 19.5 Å². The number of fused-ring (bicyclic) bond motifs is 1. The van der Waals surface area contributed by atoms with Crippen molar-refractivity contribution in [2.75, 3.05) is 51.3 Å². The zero-order chi connectivity index (χ0) is 22.6. The number of aromatic nitrogens is 3. The van der Waals surface area contributed by atoms with Crippen molar-refractivity contribution in [2.24, 2.45) is 0 Å². The minimum Gasteiger partial charge on any atom is -0.395 e. The second-order valence-electron chi connectivity index (χ2n) is 8.27. The van der Waals surface area contributed by atoms with E-state index in [0.717, 1.165) is 65.7 Å². The number of methoxy groups -OCH3 is 1. The molecule has 0 unspecified atom stereocenters. The lowest BCUT2D eigenvalue weighted by atomic mass is 10.1. The van der Waals surface area contributed by atoms with Gasteiger partial charge in [0.15, 0.2) is 5.65 Å². The average molecular weight is 444 g/mol. The fourth-order valence-corrected chi connectivity index (χ4v) is 4.51. The van der Waals surface area contributed by atoms with Gasteiger partial charge in [0.25, 0.3) is 0 Å². The fourth-order valence-electron chi connectivity index (χ4n) is 4.51. The lowest BCUT2D eigenvalue weighted by molar-refractivity contribution is 0.181. The van der Waals surface area contributed by atoms with Crippen molar-refractivity contribution >= 4 is 11.5 Å². The summed E-state index contributed by atoms with van der Waals surface area (Å²) >= 11 is 0. The van der Waals surface area contributed by atoms with Gasteiger partial charge in [-0.3, -0.25) is 4.90 Å². The van der Waals surface area contributed by atoms with Gasteiger partial charge in [-0.25, -0.2) is 4.98 Å². The van der Waals surface area contributed by atoms with Gasteiger partial charge in [-0.2, -0.15) is 9.61 Å². The summed E-state index contributed by atoms with van der Waals surface area (Å²) in [6.45, 7) is 4.87. The first-order valence-electron chi connectivity index (χ1n) is 11.4. The number of aliphatic hydroxyl groups is 1. The van der Waals surface area contributed by atoms with E-state index in [1.54, 1.807) is 7.11 Å². The Hall–Kier alpha value is -3.26. The van der Waals surface area contributed by atoms with Gasteiger partial charge in [0.2, 0.25) is 0 Å². The molecule has 33 heavy (non-hydrogen) atoms. The van der Waals surface area contributed by atoms with Crippen molar-refractivity contribution in [2.45, 2.75) is 6.61 Å². The average Bonchev–Trinajstić information content (AvgIpc) is 3.23. The number of benzene rings is 2. The lowest BCUT2D eigenvalue weighted by Crippen LogP contribution is -2.47. The molecule has 4 aromatic rings. The Bertz CT molecular complexity index is 1200. The van der Waals surface area contributed by atoms with Gasteiger partial charge >= 0.3 is 0 Å². The van der Waals surface area contributed by atoms with Crippen LogP contribution in [0.4, 0.5) is 5.82 Å². The molecule has 7 heteroatoms. The molecule has 1 aliphatic heterocycles. The molecule has 7 nitrogen and oxygen atoms in total. The van der Waals surface area contributed by atoms with E-state index in [9.17, 15) is 5.11 Å². The molecule has 2 aromatic heterocycles. The van der Waals surface area contributed by atoms with Crippen LogP contribution in [-0.4, -0.2) is 71.0 Å². The van der Waals surface area contributed by atoms with Gasteiger partial charge in [0, 0.05) is 51.5 Å². The van der Waals surface area contributed by atoms with Crippen LogP contribution in [0, 0.1) is 0 Å². The van der Waals surface area contributed by atoms with Crippen LogP contribution in [0.2, 0.25) is 0 Å². The van der Waals surface area contributed by atoms with Crippen LogP contribution in [-0.2, 0) is 11.3 Å². The predicted octanol–water partition coefficient (Wildman–Crippen LogP) is 3.32. The van der Waals surface area contributed by atoms with Gasteiger partial charge in [0.1, 0.15) is 5.82 Å². The molecule has 3 heterocycles. The summed E-state index contributed by atoms with van der Waals surface area (Å²) < 4.78 is 7.49. The van der Waals surface area contributed by atoms with E-state index >= 15 is 0 Å². The van der Waals surface area contributed by atoms with Gasteiger partial charge in [-0.05, 0) is 5.56 Å². The highest BCUT2D eigenvalue weighted by molar-refractivity contribution is 5.83.